The van der Waals surface area contributed by atoms with E-state index in [1.54, 1.807) is 14.9 Å². The molecule has 1 aliphatic rings. The smallest absolute Gasteiger partial charge is 0.326 e. The van der Waals surface area contributed by atoms with Crippen LogP contribution in [0.5, 0.6) is 0 Å². The summed E-state index contributed by atoms with van der Waals surface area (Å²) in [5.74, 6) is -2.33. The molecule has 2 rings (SSSR count). The number of amides is 1. The first-order valence-corrected chi connectivity index (χ1v) is 8.85. The molecular formula is C18H25BN2O5. The van der Waals surface area contributed by atoms with Crippen LogP contribution in [0.2, 0.25) is 0 Å². The highest BCUT2D eigenvalue weighted by atomic mass is 16.4. The zero-order valence-electron chi connectivity index (χ0n) is 15.2. The van der Waals surface area contributed by atoms with E-state index in [1.165, 1.54) is 9.71 Å². The number of hydrogen-bond donors (Lipinski definition) is 2. The fraction of sp³-hybridized carbons (Fsp3) is 0.500. The number of rotatable bonds is 8. The molecule has 1 heterocycles. The van der Waals surface area contributed by atoms with Crippen LogP contribution in [0.4, 0.5) is 0 Å². The van der Waals surface area contributed by atoms with Gasteiger partial charge in [0.2, 0.25) is 5.91 Å². The fourth-order valence-corrected chi connectivity index (χ4v) is 3.42. The Bertz CT molecular complexity index is 654. The lowest BCUT2D eigenvalue weighted by Gasteiger charge is -2.34. The number of carbonyl (C=O) groups is 3. The summed E-state index contributed by atoms with van der Waals surface area (Å²) < 4.78 is 0. The molecule has 1 amide bonds. The van der Waals surface area contributed by atoms with Gasteiger partial charge in [-0.1, -0.05) is 30.3 Å². The molecule has 2 N–H and O–H groups in total. The third-order valence-corrected chi connectivity index (χ3v) is 5.12. The van der Waals surface area contributed by atoms with Crippen molar-refractivity contribution >= 4 is 25.8 Å². The van der Waals surface area contributed by atoms with Gasteiger partial charge < -0.3 is 19.9 Å². The second-order valence-corrected chi connectivity index (χ2v) is 6.75. The molecule has 1 aliphatic heterocycles. The average molecular weight is 360 g/mol. The van der Waals surface area contributed by atoms with Crippen molar-refractivity contribution in [2.45, 2.75) is 50.7 Å². The number of aliphatic carboxylic acids is 2. The highest BCUT2D eigenvalue weighted by Crippen LogP contribution is 2.21. The fourth-order valence-electron chi connectivity index (χ4n) is 3.42. The summed E-state index contributed by atoms with van der Waals surface area (Å²) in [6.07, 6.45) is 2.05. The molecular weight excluding hydrogens is 335 g/mol. The predicted molar refractivity (Wildman–Crippen MR) is 98.4 cm³/mol. The maximum atomic E-state index is 12.7. The van der Waals surface area contributed by atoms with Crippen LogP contribution in [0.15, 0.2) is 30.3 Å². The van der Waals surface area contributed by atoms with Gasteiger partial charge in [0.25, 0.3) is 0 Å². The Hall–Kier alpha value is -2.35. The minimum atomic E-state index is -1.01. The number of likely N-dealkylation sites (tertiary alicyclic amines) is 1. The molecule has 1 saturated heterocycles. The van der Waals surface area contributed by atoms with E-state index < -0.39 is 30.1 Å². The van der Waals surface area contributed by atoms with Gasteiger partial charge in [0.1, 0.15) is 6.04 Å². The molecule has 1 aromatic carbocycles. The number of carbonyl (C=O) groups excluding carboxylic acids is 1. The molecule has 0 aliphatic carbocycles. The van der Waals surface area contributed by atoms with Crippen LogP contribution in [0.25, 0.3) is 0 Å². The van der Waals surface area contributed by atoms with Gasteiger partial charge in [0, 0.05) is 6.54 Å². The van der Waals surface area contributed by atoms with E-state index in [0.717, 1.165) is 5.56 Å². The number of benzene rings is 1. The third-order valence-electron chi connectivity index (χ3n) is 5.12. The second kappa shape index (κ2) is 8.85. The third kappa shape index (κ3) is 4.63. The Labute approximate surface area is 154 Å². The van der Waals surface area contributed by atoms with Crippen LogP contribution in [0.1, 0.15) is 31.7 Å². The quantitative estimate of drug-likeness (QED) is 0.651. The summed E-state index contributed by atoms with van der Waals surface area (Å²) in [5, 5.41) is 18.9. The minimum absolute atomic E-state index is 0.330. The van der Waals surface area contributed by atoms with E-state index in [4.69, 9.17) is 0 Å². The van der Waals surface area contributed by atoms with Crippen LogP contribution in [-0.2, 0) is 20.8 Å². The molecule has 0 aromatic heterocycles. The van der Waals surface area contributed by atoms with E-state index in [9.17, 15) is 24.6 Å². The highest BCUT2D eigenvalue weighted by molar-refractivity contribution is 6.08. The van der Waals surface area contributed by atoms with Gasteiger partial charge >= 0.3 is 11.9 Å². The predicted octanol–water partition coefficient (Wildman–Crippen LogP) is 0.387. The van der Waals surface area contributed by atoms with Gasteiger partial charge in [-0.05, 0) is 38.2 Å². The number of carboxylic acid groups (broad SMARTS) is 2. The molecule has 0 unspecified atom stereocenters. The monoisotopic (exact) mass is 360 g/mol. The highest BCUT2D eigenvalue weighted by Gasteiger charge is 2.38. The van der Waals surface area contributed by atoms with Crippen molar-refractivity contribution in [3.05, 3.63) is 35.9 Å². The summed E-state index contributed by atoms with van der Waals surface area (Å²) in [4.78, 5) is 38.7. The van der Waals surface area contributed by atoms with Crippen molar-refractivity contribution in [2.75, 3.05) is 6.54 Å². The number of aryl methyl sites for hydroxylation is 1. The molecule has 1 aromatic rings. The van der Waals surface area contributed by atoms with Crippen LogP contribution < -0.4 is 0 Å². The molecule has 1 fully saturated rings. The Kier molecular flexibility index (Phi) is 6.80. The molecule has 0 spiro atoms. The number of carboxylic acids is 2. The van der Waals surface area contributed by atoms with Crippen LogP contribution in [0.3, 0.4) is 0 Å². The van der Waals surface area contributed by atoms with Gasteiger partial charge in [-0.2, -0.15) is 0 Å². The first-order chi connectivity index (χ1) is 12.3. The summed E-state index contributed by atoms with van der Waals surface area (Å²) >= 11 is 0. The second-order valence-electron chi connectivity index (χ2n) is 6.75. The Balaban J connectivity index is 2.04. The lowest BCUT2D eigenvalue weighted by molar-refractivity contribution is -0.151. The van der Waals surface area contributed by atoms with E-state index >= 15 is 0 Å². The molecule has 3 atom stereocenters. The van der Waals surface area contributed by atoms with Crippen molar-refractivity contribution in [3.8, 4) is 0 Å². The normalized spacial score (nSPS) is 19.3. The van der Waals surface area contributed by atoms with Crippen molar-refractivity contribution in [3.63, 3.8) is 0 Å². The topological polar surface area (TPSA) is 98.2 Å². The Morgan fingerprint density at radius 2 is 1.92 bits per heavy atom. The SMILES string of the molecule is BN([C@@H](C)C(=O)N1CCC[C@H]1C(=O)O)[C@@H](CCc1ccccc1)C(=O)O. The summed E-state index contributed by atoms with van der Waals surface area (Å²) in [7, 11) is 1.61. The molecule has 0 radical (unpaired) electrons. The first-order valence-electron chi connectivity index (χ1n) is 8.85. The van der Waals surface area contributed by atoms with Gasteiger partial charge in [0.05, 0.1) is 12.1 Å². The number of hydrogen-bond acceptors (Lipinski definition) is 4. The maximum absolute atomic E-state index is 12.7. The summed E-state index contributed by atoms with van der Waals surface area (Å²) in [5.41, 5.74) is 1.04. The molecule has 26 heavy (non-hydrogen) atoms. The minimum Gasteiger partial charge on any atom is -0.480 e. The van der Waals surface area contributed by atoms with E-state index in [1.807, 2.05) is 30.3 Å². The summed E-state index contributed by atoms with van der Waals surface area (Å²) in [6, 6.07) is 7.25. The van der Waals surface area contributed by atoms with Gasteiger partial charge in [-0.15, -0.1) is 0 Å². The van der Waals surface area contributed by atoms with E-state index in [-0.39, 0.29) is 5.91 Å². The standard InChI is InChI=1S/C18H25BN2O5/c1-12(16(22)20-11-5-8-14(20)17(23)24)21(19)15(18(25)26)10-9-13-6-3-2-4-7-13/h2-4,6-7,12,14-15H,5,8-11,19H2,1H3,(H,23,24)(H,25,26)/t12-,14-,15-/m0/s1. The van der Waals surface area contributed by atoms with Crippen molar-refractivity contribution < 1.29 is 24.6 Å². The zero-order valence-corrected chi connectivity index (χ0v) is 15.2. The van der Waals surface area contributed by atoms with E-state index in [0.29, 0.717) is 32.2 Å². The molecule has 0 saturated carbocycles. The molecule has 0 bridgehead atoms. The van der Waals surface area contributed by atoms with Crippen molar-refractivity contribution in [2.24, 2.45) is 0 Å². The van der Waals surface area contributed by atoms with Crippen molar-refractivity contribution in [1.82, 2.24) is 9.71 Å². The van der Waals surface area contributed by atoms with E-state index in [2.05, 4.69) is 0 Å². The first kappa shape index (κ1) is 20.0. The largest absolute Gasteiger partial charge is 0.480 e. The Morgan fingerprint density at radius 1 is 1.27 bits per heavy atom. The van der Waals surface area contributed by atoms with Crippen LogP contribution >= 0.6 is 0 Å². The average Bonchev–Trinajstić information content (AvgIpc) is 3.11. The summed E-state index contributed by atoms with van der Waals surface area (Å²) in [6.45, 7) is 2.04. The molecule has 140 valence electrons. The maximum Gasteiger partial charge on any atom is 0.326 e. The number of nitrogens with zero attached hydrogens (tertiary/aromatic N) is 2. The van der Waals surface area contributed by atoms with Crippen molar-refractivity contribution in [1.29, 1.82) is 0 Å². The van der Waals surface area contributed by atoms with Gasteiger partial charge in [0.15, 0.2) is 7.98 Å². The molecule has 8 heteroatoms. The van der Waals surface area contributed by atoms with Gasteiger partial charge in [-0.25, -0.2) is 4.79 Å². The lowest BCUT2D eigenvalue weighted by atomic mass is 9.99. The van der Waals surface area contributed by atoms with Crippen LogP contribution in [-0.4, -0.2) is 70.4 Å². The van der Waals surface area contributed by atoms with Gasteiger partial charge in [-0.3, -0.25) is 9.59 Å². The Morgan fingerprint density at radius 3 is 2.50 bits per heavy atom. The molecule has 7 nitrogen and oxygen atoms in total. The lowest BCUT2D eigenvalue weighted by Crippen LogP contribution is -2.54. The van der Waals surface area contributed by atoms with Crippen LogP contribution in [0, 0.1) is 0 Å². The zero-order chi connectivity index (χ0) is 19.3.